The van der Waals surface area contributed by atoms with E-state index in [0.717, 1.165) is 10.5 Å². The summed E-state index contributed by atoms with van der Waals surface area (Å²) in [5.74, 6) is -0.851. The number of nitrogens with zero attached hydrogens (tertiary/aromatic N) is 1. The summed E-state index contributed by atoms with van der Waals surface area (Å²) in [5.41, 5.74) is -0.236. The molecule has 1 aromatic rings. The highest BCUT2D eigenvalue weighted by atomic mass is 16.6. The third kappa shape index (κ3) is 3.32. The highest BCUT2D eigenvalue weighted by Gasteiger charge is 2.56. The van der Waals surface area contributed by atoms with Crippen molar-refractivity contribution in [1.82, 2.24) is 4.90 Å². The van der Waals surface area contributed by atoms with Crippen molar-refractivity contribution in [3.8, 4) is 0 Å². The Labute approximate surface area is 141 Å². The van der Waals surface area contributed by atoms with E-state index in [4.69, 9.17) is 9.47 Å². The van der Waals surface area contributed by atoms with Gasteiger partial charge in [-0.2, -0.15) is 0 Å². The van der Waals surface area contributed by atoms with Crippen LogP contribution in [-0.2, 0) is 25.7 Å². The summed E-state index contributed by atoms with van der Waals surface area (Å²) < 4.78 is 10.1. The number of carbonyl (C=O) groups is 3. The fraction of sp³-hybridized carbons (Fsp3) is 0.389. The second kappa shape index (κ2) is 7.29. The van der Waals surface area contributed by atoms with Crippen LogP contribution >= 0.6 is 0 Å². The van der Waals surface area contributed by atoms with Gasteiger partial charge in [0.1, 0.15) is 12.6 Å². The largest absolute Gasteiger partial charge is 0.467 e. The van der Waals surface area contributed by atoms with Crippen LogP contribution in [0.15, 0.2) is 43.0 Å². The zero-order valence-corrected chi connectivity index (χ0v) is 13.9. The van der Waals surface area contributed by atoms with Crippen LogP contribution in [-0.4, -0.2) is 42.4 Å². The number of rotatable bonds is 5. The molecule has 1 fully saturated rings. The Bertz CT molecular complexity index is 642. The maximum absolute atomic E-state index is 12.4. The minimum absolute atomic E-state index is 0.0659. The van der Waals surface area contributed by atoms with Gasteiger partial charge in [0.2, 0.25) is 0 Å². The lowest BCUT2D eigenvalue weighted by molar-refractivity contribution is -0.150. The molecule has 0 spiro atoms. The first kappa shape index (κ1) is 17.7. The van der Waals surface area contributed by atoms with Crippen molar-refractivity contribution in [3.63, 3.8) is 0 Å². The predicted molar refractivity (Wildman–Crippen MR) is 87.1 cm³/mol. The molecule has 0 saturated carbocycles. The second-order valence-corrected chi connectivity index (χ2v) is 5.93. The summed E-state index contributed by atoms with van der Waals surface area (Å²) in [6.07, 6.45) is 1.12. The molecule has 128 valence electrons. The van der Waals surface area contributed by atoms with E-state index in [0.29, 0.717) is 0 Å². The zero-order valence-electron chi connectivity index (χ0n) is 13.9. The van der Waals surface area contributed by atoms with Crippen molar-refractivity contribution in [3.05, 3.63) is 48.6 Å². The fourth-order valence-corrected chi connectivity index (χ4v) is 2.92. The topological polar surface area (TPSA) is 72.9 Å². The molecule has 24 heavy (non-hydrogen) atoms. The first-order valence-corrected chi connectivity index (χ1v) is 7.63. The summed E-state index contributed by atoms with van der Waals surface area (Å²) in [6.45, 7) is 5.16. The Morgan fingerprint density at radius 1 is 1.38 bits per heavy atom. The number of hydrogen-bond acceptors (Lipinski definition) is 5. The van der Waals surface area contributed by atoms with Crippen LogP contribution in [0.4, 0.5) is 4.79 Å². The standard InChI is InChI=1S/C18H21NO5/c1-4-10-18(2)14(20)11-19(15(18)16(21)23-3)17(22)24-12-13-8-6-5-7-9-13/h4-9,15H,1,10-12H2,2-3H3/t15-,18-/m1/s1. The molecule has 6 heteroatoms. The molecule has 0 aromatic heterocycles. The number of Topliss-reactive ketones (excluding diaryl/α,β-unsaturated/α-hetero) is 1. The van der Waals surface area contributed by atoms with Gasteiger partial charge in [-0.1, -0.05) is 36.4 Å². The third-order valence-electron chi connectivity index (χ3n) is 4.30. The van der Waals surface area contributed by atoms with Gasteiger partial charge >= 0.3 is 12.1 Å². The molecule has 0 bridgehead atoms. The number of amides is 1. The molecule has 0 unspecified atom stereocenters. The van der Waals surface area contributed by atoms with Gasteiger partial charge in [-0.15, -0.1) is 6.58 Å². The Hall–Kier alpha value is -2.63. The van der Waals surface area contributed by atoms with Crippen molar-refractivity contribution in [2.75, 3.05) is 13.7 Å². The Morgan fingerprint density at radius 3 is 2.62 bits per heavy atom. The number of methoxy groups -OCH3 is 1. The van der Waals surface area contributed by atoms with Crippen molar-refractivity contribution in [1.29, 1.82) is 0 Å². The van der Waals surface area contributed by atoms with Crippen LogP contribution in [0.1, 0.15) is 18.9 Å². The lowest BCUT2D eigenvalue weighted by Crippen LogP contribution is -2.48. The molecule has 1 aliphatic rings. The molecule has 2 rings (SSSR count). The number of likely N-dealkylation sites (tertiary alicyclic amines) is 1. The maximum Gasteiger partial charge on any atom is 0.411 e. The number of esters is 1. The summed E-state index contributed by atoms with van der Waals surface area (Å²) in [5, 5.41) is 0. The summed E-state index contributed by atoms with van der Waals surface area (Å²) in [4.78, 5) is 38.1. The molecule has 2 atom stereocenters. The van der Waals surface area contributed by atoms with Crippen LogP contribution in [0.2, 0.25) is 0 Å². The third-order valence-corrected chi connectivity index (χ3v) is 4.30. The highest BCUT2D eigenvalue weighted by molar-refractivity contribution is 6.00. The Morgan fingerprint density at radius 2 is 2.04 bits per heavy atom. The van der Waals surface area contributed by atoms with Gasteiger partial charge in [0.15, 0.2) is 5.78 Å². The van der Waals surface area contributed by atoms with E-state index in [1.165, 1.54) is 7.11 Å². The number of benzene rings is 1. The number of ether oxygens (including phenoxy) is 2. The van der Waals surface area contributed by atoms with Crippen LogP contribution in [0, 0.1) is 5.41 Å². The minimum atomic E-state index is -1.05. The first-order valence-electron chi connectivity index (χ1n) is 7.63. The molecule has 1 amide bonds. The van der Waals surface area contributed by atoms with E-state index >= 15 is 0 Å². The number of hydrogen-bond donors (Lipinski definition) is 0. The Balaban J connectivity index is 2.17. The van der Waals surface area contributed by atoms with E-state index in [1.54, 1.807) is 13.0 Å². The lowest BCUT2D eigenvalue weighted by Gasteiger charge is -2.30. The monoisotopic (exact) mass is 331 g/mol. The predicted octanol–water partition coefficient (Wildman–Crippen LogP) is 2.33. The van der Waals surface area contributed by atoms with E-state index < -0.39 is 23.5 Å². The van der Waals surface area contributed by atoms with Gasteiger partial charge in [0, 0.05) is 0 Å². The average Bonchev–Trinajstić information content (AvgIpc) is 2.85. The van der Waals surface area contributed by atoms with Crippen LogP contribution in [0.5, 0.6) is 0 Å². The van der Waals surface area contributed by atoms with Crippen LogP contribution < -0.4 is 0 Å². The Kier molecular flexibility index (Phi) is 5.39. The quantitative estimate of drug-likeness (QED) is 0.611. The maximum atomic E-state index is 12.4. The van der Waals surface area contributed by atoms with Crippen LogP contribution in [0.3, 0.4) is 0 Å². The number of ketones is 1. The molecule has 1 aromatic carbocycles. The van der Waals surface area contributed by atoms with Gasteiger partial charge in [0.05, 0.1) is 19.1 Å². The van der Waals surface area contributed by atoms with Crippen molar-refractivity contribution < 1.29 is 23.9 Å². The summed E-state index contributed by atoms with van der Waals surface area (Å²) in [7, 11) is 1.23. The molecular weight excluding hydrogens is 310 g/mol. The molecular formula is C18H21NO5. The molecule has 0 N–H and O–H groups in total. The van der Waals surface area contributed by atoms with E-state index in [2.05, 4.69) is 6.58 Å². The lowest BCUT2D eigenvalue weighted by atomic mass is 9.78. The van der Waals surface area contributed by atoms with Gasteiger partial charge in [0.25, 0.3) is 0 Å². The van der Waals surface area contributed by atoms with E-state index in [-0.39, 0.29) is 25.4 Å². The van der Waals surface area contributed by atoms with Gasteiger partial charge in [-0.3, -0.25) is 9.69 Å². The fourth-order valence-electron chi connectivity index (χ4n) is 2.92. The SMILES string of the molecule is C=CC[C@]1(C)C(=O)CN(C(=O)OCc2ccccc2)[C@@H]1C(=O)OC. The van der Waals surface area contributed by atoms with Crippen molar-refractivity contribution in [2.45, 2.75) is 26.0 Å². The molecule has 6 nitrogen and oxygen atoms in total. The smallest absolute Gasteiger partial charge is 0.411 e. The molecule has 1 heterocycles. The zero-order chi connectivity index (χ0) is 17.7. The van der Waals surface area contributed by atoms with Crippen molar-refractivity contribution in [2.24, 2.45) is 5.41 Å². The van der Waals surface area contributed by atoms with E-state index in [1.807, 2.05) is 30.3 Å². The molecule has 1 aliphatic heterocycles. The number of carbonyl (C=O) groups excluding carboxylic acids is 3. The minimum Gasteiger partial charge on any atom is -0.467 e. The number of allylic oxidation sites excluding steroid dienone is 1. The van der Waals surface area contributed by atoms with Gasteiger partial charge in [-0.25, -0.2) is 9.59 Å². The first-order chi connectivity index (χ1) is 11.4. The van der Waals surface area contributed by atoms with E-state index in [9.17, 15) is 14.4 Å². The van der Waals surface area contributed by atoms with Gasteiger partial charge < -0.3 is 9.47 Å². The van der Waals surface area contributed by atoms with Crippen LogP contribution in [0.25, 0.3) is 0 Å². The molecule has 0 radical (unpaired) electrons. The summed E-state index contributed by atoms with van der Waals surface area (Å²) >= 11 is 0. The normalized spacial score (nSPS) is 23.0. The average molecular weight is 331 g/mol. The second-order valence-electron chi connectivity index (χ2n) is 5.93. The van der Waals surface area contributed by atoms with Crippen molar-refractivity contribution >= 4 is 17.8 Å². The summed E-state index contributed by atoms with van der Waals surface area (Å²) in [6, 6.07) is 8.15. The molecule has 1 saturated heterocycles. The highest BCUT2D eigenvalue weighted by Crippen LogP contribution is 2.38. The van der Waals surface area contributed by atoms with Gasteiger partial charge in [-0.05, 0) is 18.9 Å². The molecule has 0 aliphatic carbocycles.